The number of benzene rings is 1. The molecule has 0 saturated heterocycles. The molecule has 1 N–H and O–H groups in total. The summed E-state index contributed by atoms with van der Waals surface area (Å²) in [5.74, 6) is 0. The molecule has 0 saturated carbocycles. The molecule has 4 heterocycles. The molecule has 0 aliphatic carbocycles. The van der Waals surface area contributed by atoms with Crippen LogP contribution in [0, 0.1) is 6.92 Å². The second-order valence-electron chi connectivity index (χ2n) is 7.26. The Bertz CT molecular complexity index is 1260. The Morgan fingerprint density at radius 1 is 1.10 bits per heavy atom. The molecule has 0 bridgehead atoms. The zero-order valence-electron chi connectivity index (χ0n) is 16.3. The summed E-state index contributed by atoms with van der Waals surface area (Å²) in [5.41, 5.74) is 6.89. The molecule has 1 aromatic carbocycles. The van der Waals surface area contributed by atoms with Crippen molar-refractivity contribution in [3.8, 4) is 22.5 Å². The zero-order valence-corrected chi connectivity index (χ0v) is 16.3. The molecular weight excluding hydrogens is 362 g/mol. The highest BCUT2D eigenvalue weighted by atomic mass is 15.2. The first-order chi connectivity index (χ1) is 14.2. The molecule has 1 atom stereocenters. The summed E-state index contributed by atoms with van der Waals surface area (Å²) < 4.78 is 4.00. The maximum absolute atomic E-state index is 4.79. The molecule has 5 rings (SSSR count). The lowest BCUT2D eigenvalue weighted by molar-refractivity contribution is 0.542. The number of H-pyrrole nitrogens is 1. The molecule has 1 unspecified atom stereocenters. The first-order valence-corrected chi connectivity index (χ1v) is 9.62. The van der Waals surface area contributed by atoms with Gasteiger partial charge in [0.2, 0.25) is 0 Å². The fourth-order valence-electron chi connectivity index (χ4n) is 3.74. The van der Waals surface area contributed by atoms with Gasteiger partial charge in [0.05, 0.1) is 35.2 Å². The van der Waals surface area contributed by atoms with E-state index in [9.17, 15) is 0 Å². The normalized spacial score (nSPS) is 12.5. The van der Waals surface area contributed by atoms with Crippen molar-refractivity contribution in [1.82, 2.24) is 34.3 Å². The standard InChI is InChI=1S/C22H21N7/c1-15-11-18(27-26-15)12-16(2)28-14-24-20(17-7-4-3-5-8-17)21(28)19-13-25-29-10-6-9-23-22(19)29/h3-11,13-14,16H,12H2,1-2H3,(H,26,27). The van der Waals surface area contributed by atoms with E-state index in [0.717, 1.165) is 46.0 Å². The monoisotopic (exact) mass is 383 g/mol. The second-order valence-corrected chi connectivity index (χ2v) is 7.26. The Hall–Kier alpha value is -3.74. The number of nitrogens with zero attached hydrogens (tertiary/aromatic N) is 6. The molecule has 7 heteroatoms. The number of fused-ring (bicyclic) bond motifs is 1. The lowest BCUT2D eigenvalue weighted by atomic mass is 10.1. The Kier molecular flexibility index (Phi) is 4.20. The first-order valence-electron chi connectivity index (χ1n) is 9.62. The van der Waals surface area contributed by atoms with Gasteiger partial charge in [-0.2, -0.15) is 10.2 Å². The van der Waals surface area contributed by atoms with E-state index in [1.165, 1.54) is 0 Å². The number of aromatic amines is 1. The van der Waals surface area contributed by atoms with E-state index in [1.807, 2.05) is 49.9 Å². The Morgan fingerprint density at radius 2 is 1.97 bits per heavy atom. The summed E-state index contributed by atoms with van der Waals surface area (Å²) in [4.78, 5) is 9.35. The van der Waals surface area contributed by atoms with Gasteiger partial charge < -0.3 is 4.57 Å². The van der Waals surface area contributed by atoms with Gasteiger partial charge in [0.25, 0.3) is 0 Å². The number of nitrogens with one attached hydrogen (secondary N) is 1. The number of hydrogen-bond donors (Lipinski definition) is 1. The minimum atomic E-state index is 0.163. The third-order valence-corrected chi connectivity index (χ3v) is 5.11. The van der Waals surface area contributed by atoms with E-state index >= 15 is 0 Å². The lowest BCUT2D eigenvalue weighted by Crippen LogP contribution is -2.09. The fraction of sp³-hybridized carbons (Fsp3) is 0.182. The predicted molar refractivity (Wildman–Crippen MR) is 111 cm³/mol. The van der Waals surface area contributed by atoms with Crippen LogP contribution < -0.4 is 0 Å². The van der Waals surface area contributed by atoms with Crippen LogP contribution in [0.3, 0.4) is 0 Å². The highest BCUT2D eigenvalue weighted by molar-refractivity contribution is 5.85. The number of aryl methyl sites for hydroxylation is 1. The molecule has 0 amide bonds. The number of imidazole rings is 1. The van der Waals surface area contributed by atoms with Crippen LogP contribution in [0.25, 0.3) is 28.2 Å². The maximum atomic E-state index is 4.79. The highest BCUT2D eigenvalue weighted by Gasteiger charge is 2.22. The topological polar surface area (TPSA) is 76.7 Å². The Balaban J connectivity index is 1.66. The van der Waals surface area contributed by atoms with Gasteiger partial charge >= 0.3 is 0 Å². The number of rotatable bonds is 5. The van der Waals surface area contributed by atoms with Crippen molar-refractivity contribution in [1.29, 1.82) is 0 Å². The van der Waals surface area contributed by atoms with Crippen molar-refractivity contribution < 1.29 is 0 Å². The van der Waals surface area contributed by atoms with Crippen molar-refractivity contribution in [2.24, 2.45) is 0 Å². The van der Waals surface area contributed by atoms with Gasteiger partial charge in [-0.3, -0.25) is 5.10 Å². The average molecular weight is 383 g/mol. The predicted octanol–water partition coefficient (Wildman–Crippen LogP) is 4.10. The summed E-state index contributed by atoms with van der Waals surface area (Å²) in [6.07, 6.45) is 8.28. The minimum Gasteiger partial charge on any atom is -0.327 e. The Morgan fingerprint density at radius 3 is 2.76 bits per heavy atom. The molecule has 0 aliphatic heterocycles. The molecule has 29 heavy (non-hydrogen) atoms. The van der Waals surface area contributed by atoms with E-state index in [2.05, 4.69) is 50.0 Å². The van der Waals surface area contributed by atoms with Gasteiger partial charge in [-0.05, 0) is 26.0 Å². The second kappa shape index (κ2) is 7.01. The quantitative estimate of drug-likeness (QED) is 0.496. The molecular formula is C22H21N7. The smallest absolute Gasteiger partial charge is 0.164 e. The third kappa shape index (κ3) is 3.10. The van der Waals surface area contributed by atoms with Crippen molar-refractivity contribution >= 4 is 5.65 Å². The van der Waals surface area contributed by atoms with Crippen molar-refractivity contribution in [3.05, 3.63) is 78.8 Å². The van der Waals surface area contributed by atoms with Gasteiger partial charge in [-0.25, -0.2) is 14.5 Å². The summed E-state index contributed by atoms with van der Waals surface area (Å²) in [5, 5.41) is 11.9. The zero-order chi connectivity index (χ0) is 19.8. The fourth-order valence-corrected chi connectivity index (χ4v) is 3.74. The van der Waals surface area contributed by atoms with E-state index in [4.69, 9.17) is 4.98 Å². The van der Waals surface area contributed by atoms with Gasteiger partial charge in [-0.1, -0.05) is 30.3 Å². The van der Waals surface area contributed by atoms with Gasteiger partial charge in [0.1, 0.15) is 0 Å². The molecule has 0 aliphatic rings. The van der Waals surface area contributed by atoms with Crippen LogP contribution in [-0.4, -0.2) is 34.3 Å². The maximum Gasteiger partial charge on any atom is 0.164 e. The average Bonchev–Trinajstić information content (AvgIpc) is 3.46. The van der Waals surface area contributed by atoms with E-state index in [0.29, 0.717) is 0 Å². The highest BCUT2D eigenvalue weighted by Crippen LogP contribution is 2.35. The largest absolute Gasteiger partial charge is 0.327 e. The van der Waals surface area contributed by atoms with Crippen LogP contribution in [0.5, 0.6) is 0 Å². The van der Waals surface area contributed by atoms with Crippen LogP contribution in [-0.2, 0) is 6.42 Å². The molecule has 0 fully saturated rings. The van der Waals surface area contributed by atoms with Crippen LogP contribution >= 0.6 is 0 Å². The molecule has 5 aromatic rings. The SMILES string of the molecule is Cc1cc(CC(C)n2cnc(-c3ccccc3)c2-c2cnn3cccnc23)n[nH]1. The third-order valence-electron chi connectivity index (χ3n) is 5.11. The molecule has 144 valence electrons. The van der Waals surface area contributed by atoms with Crippen LogP contribution in [0.4, 0.5) is 0 Å². The van der Waals surface area contributed by atoms with Gasteiger partial charge in [-0.15, -0.1) is 0 Å². The lowest BCUT2D eigenvalue weighted by Gasteiger charge is -2.16. The summed E-state index contributed by atoms with van der Waals surface area (Å²) in [7, 11) is 0. The molecule has 0 radical (unpaired) electrons. The van der Waals surface area contributed by atoms with Crippen LogP contribution in [0.2, 0.25) is 0 Å². The van der Waals surface area contributed by atoms with Crippen LogP contribution in [0.15, 0.2) is 67.4 Å². The molecule has 0 spiro atoms. The van der Waals surface area contributed by atoms with Crippen LogP contribution in [0.1, 0.15) is 24.4 Å². The van der Waals surface area contributed by atoms with Gasteiger partial charge in [0.15, 0.2) is 5.65 Å². The summed E-state index contributed by atoms with van der Waals surface area (Å²) >= 11 is 0. The summed E-state index contributed by atoms with van der Waals surface area (Å²) in [6, 6.07) is 14.4. The first kappa shape index (κ1) is 17.4. The van der Waals surface area contributed by atoms with E-state index in [1.54, 1.807) is 10.7 Å². The molecule has 7 nitrogen and oxygen atoms in total. The minimum absolute atomic E-state index is 0.163. The van der Waals surface area contributed by atoms with Gasteiger partial charge in [0, 0.05) is 36.1 Å². The number of aromatic nitrogens is 7. The number of hydrogen-bond acceptors (Lipinski definition) is 4. The Labute approximate surface area is 168 Å². The summed E-state index contributed by atoms with van der Waals surface area (Å²) in [6.45, 7) is 4.20. The molecule has 4 aromatic heterocycles. The van der Waals surface area contributed by atoms with Crippen molar-refractivity contribution in [3.63, 3.8) is 0 Å². The van der Waals surface area contributed by atoms with Crippen molar-refractivity contribution in [2.75, 3.05) is 0 Å². The van der Waals surface area contributed by atoms with Crippen molar-refractivity contribution in [2.45, 2.75) is 26.3 Å². The van der Waals surface area contributed by atoms with E-state index in [-0.39, 0.29) is 6.04 Å². The van der Waals surface area contributed by atoms with E-state index < -0.39 is 0 Å².